The average Bonchev–Trinajstić information content (AvgIpc) is 2.19. The van der Waals surface area contributed by atoms with Gasteiger partial charge in [-0.25, -0.2) is 4.98 Å². The molecule has 1 heteroatoms. The zero-order valence-electron chi connectivity index (χ0n) is 8.41. The van der Waals surface area contributed by atoms with Gasteiger partial charge in [0.2, 0.25) is 0 Å². The van der Waals surface area contributed by atoms with Crippen molar-refractivity contribution in [1.29, 1.82) is 0 Å². The van der Waals surface area contributed by atoms with E-state index in [0.717, 1.165) is 5.69 Å². The summed E-state index contributed by atoms with van der Waals surface area (Å²) in [5.74, 6) is 0. The molecule has 14 heavy (non-hydrogen) atoms. The van der Waals surface area contributed by atoms with Crippen LogP contribution in [0.1, 0.15) is 11.1 Å². The minimum absolute atomic E-state index is 0.991. The average molecular weight is 182 g/mol. The Hall–Kier alpha value is -1.63. The van der Waals surface area contributed by atoms with Gasteiger partial charge in [0.25, 0.3) is 0 Å². The summed E-state index contributed by atoms with van der Waals surface area (Å²) in [5, 5.41) is 0. The van der Waals surface area contributed by atoms with Gasteiger partial charge in [0.05, 0.1) is 11.9 Å². The molecular formula is C13H12N. The summed E-state index contributed by atoms with van der Waals surface area (Å²) in [6.07, 6.45) is 2.85. The van der Waals surface area contributed by atoms with Crippen molar-refractivity contribution in [3.05, 3.63) is 53.7 Å². The molecule has 0 unspecified atom stereocenters. The maximum atomic E-state index is 4.21. The molecule has 0 saturated carbocycles. The Morgan fingerprint density at radius 2 is 2.00 bits per heavy atom. The lowest BCUT2D eigenvalue weighted by Gasteiger charge is -2.05. The van der Waals surface area contributed by atoms with Gasteiger partial charge in [-0.05, 0) is 31.5 Å². The Labute approximate surface area is 84.4 Å². The molecule has 0 saturated heterocycles. The highest BCUT2D eigenvalue weighted by molar-refractivity contribution is 5.63. The first-order valence-corrected chi connectivity index (χ1v) is 4.68. The highest BCUT2D eigenvalue weighted by Gasteiger charge is 2.01. The normalized spacial score (nSPS) is 10.1. The highest BCUT2D eigenvalue weighted by Crippen LogP contribution is 2.21. The molecule has 1 aromatic heterocycles. The fraction of sp³-hybridized carbons (Fsp3) is 0.154. The van der Waals surface area contributed by atoms with Gasteiger partial charge in [-0.2, -0.15) is 0 Å². The smallest absolute Gasteiger partial charge is 0.0893 e. The molecule has 0 N–H and O–H groups in total. The SMILES string of the molecule is Cc1ccc(-c2ccc[c]n2)c(C)c1. The summed E-state index contributed by atoms with van der Waals surface area (Å²) >= 11 is 0. The van der Waals surface area contributed by atoms with Crippen LogP contribution in [0.3, 0.4) is 0 Å². The Kier molecular flexibility index (Phi) is 2.32. The summed E-state index contributed by atoms with van der Waals surface area (Å²) in [6, 6.07) is 12.2. The van der Waals surface area contributed by atoms with Crippen molar-refractivity contribution in [3.8, 4) is 11.3 Å². The van der Waals surface area contributed by atoms with E-state index < -0.39 is 0 Å². The van der Waals surface area contributed by atoms with E-state index in [1.165, 1.54) is 16.7 Å². The van der Waals surface area contributed by atoms with Crippen LogP contribution in [0.5, 0.6) is 0 Å². The molecule has 0 amide bonds. The molecule has 1 heterocycles. The van der Waals surface area contributed by atoms with E-state index in [9.17, 15) is 0 Å². The summed E-state index contributed by atoms with van der Waals surface area (Å²) in [4.78, 5) is 4.21. The molecule has 0 bridgehead atoms. The Morgan fingerprint density at radius 3 is 2.64 bits per heavy atom. The second kappa shape index (κ2) is 3.62. The highest BCUT2D eigenvalue weighted by atomic mass is 14.7. The first-order chi connectivity index (χ1) is 6.77. The van der Waals surface area contributed by atoms with E-state index in [0.29, 0.717) is 0 Å². The molecule has 0 aliphatic carbocycles. The van der Waals surface area contributed by atoms with Gasteiger partial charge in [-0.1, -0.05) is 29.8 Å². The lowest BCUT2D eigenvalue weighted by molar-refractivity contribution is 1.28. The fourth-order valence-electron chi connectivity index (χ4n) is 1.58. The number of nitrogens with zero attached hydrogens (tertiary/aromatic N) is 1. The minimum atomic E-state index is 0.991. The molecule has 1 radical (unpaired) electrons. The predicted molar refractivity (Wildman–Crippen MR) is 58.0 cm³/mol. The van der Waals surface area contributed by atoms with Crippen LogP contribution in [0.2, 0.25) is 0 Å². The van der Waals surface area contributed by atoms with Gasteiger partial charge in [0.15, 0.2) is 0 Å². The number of pyridine rings is 1. The zero-order valence-corrected chi connectivity index (χ0v) is 8.41. The van der Waals surface area contributed by atoms with Crippen LogP contribution in [0.4, 0.5) is 0 Å². The molecule has 0 aliphatic heterocycles. The van der Waals surface area contributed by atoms with E-state index in [1.807, 2.05) is 18.2 Å². The van der Waals surface area contributed by atoms with Gasteiger partial charge >= 0.3 is 0 Å². The van der Waals surface area contributed by atoms with Crippen molar-refractivity contribution >= 4 is 0 Å². The number of aryl methyl sites for hydroxylation is 2. The van der Waals surface area contributed by atoms with Gasteiger partial charge in [0, 0.05) is 5.56 Å². The summed E-state index contributed by atoms with van der Waals surface area (Å²) in [6.45, 7) is 4.21. The van der Waals surface area contributed by atoms with E-state index in [4.69, 9.17) is 0 Å². The second-order valence-corrected chi connectivity index (χ2v) is 3.47. The number of rotatable bonds is 1. The van der Waals surface area contributed by atoms with Crippen LogP contribution in [0.15, 0.2) is 36.4 Å². The molecule has 0 aliphatic rings. The standard InChI is InChI=1S/C13H12N/c1-10-6-7-12(11(2)9-10)13-5-3-4-8-14-13/h3-7,9H,1-2H3. The molecule has 0 fully saturated rings. The third-order valence-corrected chi connectivity index (χ3v) is 2.27. The van der Waals surface area contributed by atoms with E-state index >= 15 is 0 Å². The molecule has 1 nitrogen and oxygen atoms in total. The minimum Gasteiger partial charge on any atom is -0.246 e. The van der Waals surface area contributed by atoms with Gasteiger partial charge in [-0.3, -0.25) is 0 Å². The fourth-order valence-corrected chi connectivity index (χ4v) is 1.58. The Morgan fingerprint density at radius 1 is 1.14 bits per heavy atom. The first kappa shape index (κ1) is 8.95. The number of hydrogen-bond donors (Lipinski definition) is 0. The van der Waals surface area contributed by atoms with Crippen molar-refractivity contribution in [3.63, 3.8) is 0 Å². The summed E-state index contributed by atoms with van der Waals surface area (Å²) < 4.78 is 0. The van der Waals surface area contributed by atoms with E-state index in [-0.39, 0.29) is 0 Å². The van der Waals surface area contributed by atoms with Crippen LogP contribution in [0.25, 0.3) is 11.3 Å². The van der Waals surface area contributed by atoms with Crippen LogP contribution in [0, 0.1) is 20.0 Å². The molecule has 69 valence electrons. The quantitative estimate of drug-likeness (QED) is 0.660. The van der Waals surface area contributed by atoms with Gasteiger partial charge in [-0.15, -0.1) is 0 Å². The van der Waals surface area contributed by atoms with Gasteiger partial charge in [0.1, 0.15) is 0 Å². The lowest BCUT2D eigenvalue weighted by Crippen LogP contribution is -1.86. The molecular weight excluding hydrogens is 170 g/mol. The molecule has 1 aromatic carbocycles. The van der Waals surface area contributed by atoms with Crippen molar-refractivity contribution in [2.75, 3.05) is 0 Å². The Bertz CT molecular complexity index is 432. The van der Waals surface area contributed by atoms with Crippen molar-refractivity contribution in [1.82, 2.24) is 4.98 Å². The maximum Gasteiger partial charge on any atom is 0.0893 e. The van der Waals surface area contributed by atoms with Crippen LogP contribution < -0.4 is 0 Å². The maximum absolute atomic E-state index is 4.21. The molecule has 0 atom stereocenters. The predicted octanol–water partition coefficient (Wildman–Crippen LogP) is 3.17. The third-order valence-electron chi connectivity index (χ3n) is 2.27. The van der Waals surface area contributed by atoms with Crippen LogP contribution >= 0.6 is 0 Å². The van der Waals surface area contributed by atoms with Crippen LogP contribution in [-0.4, -0.2) is 4.98 Å². The van der Waals surface area contributed by atoms with Crippen molar-refractivity contribution in [2.45, 2.75) is 13.8 Å². The summed E-state index contributed by atoms with van der Waals surface area (Å²) in [5.41, 5.74) is 4.72. The monoisotopic (exact) mass is 182 g/mol. The zero-order chi connectivity index (χ0) is 9.97. The van der Waals surface area contributed by atoms with E-state index in [2.05, 4.69) is 43.2 Å². The third kappa shape index (κ3) is 1.67. The molecule has 2 aromatic rings. The largest absolute Gasteiger partial charge is 0.246 e. The second-order valence-electron chi connectivity index (χ2n) is 3.47. The summed E-state index contributed by atoms with van der Waals surface area (Å²) in [7, 11) is 0. The van der Waals surface area contributed by atoms with Gasteiger partial charge < -0.3 is 0 Å². The lowest BCUT2D eigenvalue weighted by atomic mass is 10.0. The molecule has 2 rings (SSSR count). The number of benzene rings is 1. The number of aromatic nitrogens is 1. The van der Waals surface area contributed by atoms with Crippen LogP contribution in [-0.2, 0) is 0 Å². The van der Waals surface area contributed by atoms with Crippen molar-refractivity contribution in [2.24, 2.45) is 0 Å². The Balaban J connectivity index is 2.53. The first-order valence-electron chi connectivity index (χ1n) is 4.68. The molecule has 0 spiro atoms. The van der Waals surface area contributed by atoms with Crippen molar-refractivity contribution < 1.29 is 0 Å². The topological polar surface area (TPSA) is 12.9 Å². The van der Waals surface area contributed by atoms with E-state index in [1.54, 1.807) is 0 Å². The number of hydrogen-bond acceptors (Lipinski definition) is 1.